The van der Waals surface area contributed by atoms with E-state index in [1.165, 1.54) is 23.0 Å². The standard InChI is InChI=1S/C24H24N2O4S/c1-15-9-10-18(12-16(15)2)17(3)25-22(27)14-30-24(29)19-6-4-7-20(13-19)26-23(28)21-8-5-11-31-21/h4-13,17H,14H2,1-3H3,(H,25,27)(H,26,28). The predicted octanol–water partition coefficient (Wildman–Crippen LogP) is 4.65. The highest BCUT2D eigenvalue weighted by Gasteiger charge is 2.15. The molecule has 0 saturated carbocycles. The topological polar surface area (TPSA) is 84.5 Å². The van der Waals surface area contributed by atoms with Crippen LogP contribution in [0.15, 0.2) is 60.0 Å². The molecule has 6 nitrogen and oxygen atoms in total. The van der Waals surface area contributed by atoms with Gasteiger partial charge in [-0.25, -0.2) is 4.79 Å². The molecule has 0 radical (unpaired) electrons. The van der Waals surface area contributed by atoms with Crippen molar-refractivity contribution in [2.24, 2.45) is 0 Å². The minimum absolute atomic E-state index is 0.207. The van der Waals surface area contributed by atoms with Crippen LogP contribution in [0.3, 0.4) is 0 Å². The van der Waals surface area contributed by atoms with Gasteiger partial charge in [-0.2, -0.15) is 0 Å². The van der Waals surface area contributed by atoms with Crippen LogP contribution in [0, 0.1) is 13.8 Å². The second-order valence-corrected chi connectivity index (χ2v) is 8.17. The van der Waals surface area contributed by atoms with Crippen molar-refractivity contribution in [3.05, 3.63) is 87.1 Å². The highest BCUT2D eigenvalue weighted by Crippen LogP contribution is 2.17. The molecule has 0 bridgehead atoms. The smallest absolute Gasteiger partial charge is 0.338 e. The number of anilines is 1. The third-order valence-corrected chi connectivity index (χ3v) is 5.71. The first kappa shape index (κ1) is 22.2. The Morgan fingerprint density at radius 2 is 1.81 bits per heavy atom. The van der Waals surface area contributed by atoms with Crippen molar-refractivity contribution in [1.82, 2.24) is 5.32 Å². The SMILES string of the molecule is Cc1ccc(C(C)NC(=O)COC(=O)c2cccc(NC(=O)c3cccs3)c2)cc1C. The quantitative estimate of drug-likeness (QED) is 0.528. The summed E-state index contributed by atoms with van der Waals surface area (Å²) in [5, 5.41) is 7.39. The van der Waals surface area contributed by atoms with Crippen LogP contribution in [-0.4, -0.2) is 24.4 Å². The van der Waals surface area contributed by atoms with Gasteiger partial charge in [-0.1, -0.05) is 30.3 Å². The van der Waals surface area contributed by atoms with E-state index in [9.17, 15) is 14.4 Å². The number of hydrogen-bond donors (Lipinski definition) is 2. The summed E-state index contributed by atoms with van der Waals surface area (Å²) < 4.78 is 5.14. The zero-order valence-corrected chi connectivity index (χ0v) is 18.4. The Morgan fingerprint density at radius 3 is 2.52 bits per heavy atom. The Labute approximate surface area is 185 Å². The van der Waals surface area contributed by atoms with Gasteiger partial charge in [-0.15, -0.1) is 11.3 Å². The third-order valence-electron chi connectivity index (χ3n) is 4.84. The molecule has 1 aromatic heterocycles. The Bertz CT molecular complexity index is 1090. The van der Waals surface area contributed by atoms with Crippen LogP contribution in [0.5, 0.6) is 0 Å². The maximum atomic E-state index is 12.3. The fourth-order valence-corrected chi connectivity index (χ4v) is 3.56. The van der Waals surface area contributed by atoms with Crippen LogP contribution >= 0.6 is 11.3 Å². The molecular weight excluding hydrogens is 412 g/mol. The van der Waals surface area contributed by atoms with Crippen LogP contribution in [0.1, 0.15) is 49.7 Å². The summed E-state index contributed by atoms with van der Waals surface area (Å²) in [5.41, 5.74) is 4.04. The van der Waals surface area contributed by atoms with Gasteiger partial charge >= 0.3 is 5.97 Å². The molecule has 2 N–H and O–H groups in total. The summed E-state index contributed by atoms with van der Waals surface area (Å²) in [4.78, 5) is 37.3. The van der Waals surface area contributed by atoms with E-state index >= 15 is 0 Å². The second kappa shape index (κ2) is 10.0. The second-order valence-electron chi connectivity index (χ2n) is 7.22. The van der Waals surface area contributed by atoms with Crippen molar-refractivity contribution in [1.29, 1.82) is 0 Å². The molecule has 160 valence electrons. The first-order chi connectivity index (χ1) is 14.8. The van der Waals surface area contributed by atoms with Gasteiger partial charge in [0.25, 0.3) is 11.8 Å². The summed E-state index contributed by atoms with van der Waals surface area (Å²) in [6.45, 7) is 5.54. The summed E-state index contributed by atoms with van der Waals surface area (Å²) in [5.74, 6) is -1.28. The van der Waals surface area contributed by atoms with Crippen molar-refractivity contribution in [3.63, 3.8) is 0 Å². The number of thiophene rings is 1. The summed E-state index contributed by atoms with van der Waals surface area (Å²) in [7, 11) is 0. The van der Waals surface area contributed by atoms with Crippen molar-refractivity contribution in [2.75, 3.05) is 11.9 Å². The van der Waals surface area contributed by atoms with E-state index in [1.54, 1.807) is 30.3 Å². The maximum absolute atomic E-state index is 12.3. The zero-order valence-electron chi connectivity index (χ0n) is 17.6. The van der Waals surface area contributed by atoms with Crippen molar-refractivity contribution >= 4 is 34.8 Å². The lowest BCUT2D eigenvalue weighted by atomic mass is 10.0. The summed E-state index contributed by atoms with van der Waals surface area (Å²) in [6.07, 6.45) is 0. The van der Waals surface area contributed by atoms with E-state index in [0.29, 0.717) is 10.6 Å². The Balaban J connectivity index is 1.53. The van der Waals surface area contributed by atoms with Crippen LogP contribution in [0.4, 0.5) is 5.69 Å². The normalized spacial score (nSPS) is 11.5. The largest absolute Gasteiger partial charge is 0.452 e. The first-order valence-corrected chi connectivity index (χ1v) is 10.7. The molecule has 2 aromatic carbocycles. The molecule has 0 aliphatic rings. The van der Waals surface area contributed by atoms with E-state index < -0.39 is 5.97 Å². The van der Waals surface area contributed by atoms with Gasteiger partial charge in [0.15, 0.2) is 6.61 Å². The first-order valence-electron chi connectivity index (χ1n) is 9.82. The molecule has 1 unspecified atom stereocenters. The number of aryl methyl sites for hydroxylation is 2. The number of nitrogens with one attached hydrogen (secondary N) is 2. The molecular formula is C24H24N2O4S. The third kappa shape index (κ3) is 6.02. The minimum Gasteiger partial charge on any atom is -0.452 e. The summed E-state index contributed by atoms with van der Waals surface area (Å²) >= 11 is 1.33. The molecule has 0 spiro atoms. The van der Waals surface area contributed by atoms with Gasteiger partial charge in [0.1, 0.15) is 0 Å². The van der Waals surface area contributed by atoms with Gasteiger partial charge in [0.2, 0.25) is 0 Å². The lowest BCUT2D eigenvalue weighted by Gasteiger charge is -2.16. The lowest BCUT2D eigenvalue weighted by Crippen LogP contribution is -2.31. The number of hydrogen-bond acceptors (Lipinski definition) is 5. The van der Waals surface area contributed by atoms with Gasteiger partial charge in [0, 0.05) is 5.69 Å². The number of carbonyl (C=O) groups is 3. The molecule has 0 aliphatic carbocycles. The fraction of sp³-hybridized carbons (Fsp3) is 0.208. The fourth-order valence-electron chi connectivity index (χ4n) is 2.94. The number of ether oxygens (including phenoxy) is 1. The number of rotatable bonds is 7. The van der Waals surface area contributed by atoms with E-state index in [1.807, 2.05) is 44.4 Å². The lowest BCUT2D eigenvalue weighted by molar-refractivity contribution is -0.124. The van der Waals surface area contributed by atoms with Crippen LogP contribution in [-0.2, 0) is 9.53 Å². The number of carbonyl (C=O) groups excluding carboxylic acids is 3. The molecule has 2 amide bonds. The Hall–Kier alpha value is -3.45. The number of benzene rings is 2. The molecule has 1 heterocycles. The highest BCUT2D eigenvalue weighted by atomic mass is 32.1. The van der Waals surface area contributed by atoms with Crippen molar-refractivity contribution < 1.29 is 19.1 Å². The number of esters is 1. The number of amides is 2. The van der Waals surface area contributed by atoms with Crippen molar-refractivity contribution in [3.8, 4) is 0 Å². The van der Waals surface area contributed by atoms with Crippen LogP contribution in [0.2, 0.25) is 0 Å². The average Bonchev–Trinajstić information content (AvgIpc) is 3.29. The monoisotopic (exact) mass is 436 g/mol. The molecule has 7 heteroatoms. The van der Waals surface area contributed by atoms with Gasteiger partial charge in [-0.05, 0) is 67.1 Å². The van der Waals surface area contributed by atoms with E-state index in [0.717, 1.165) is 11.1 Å². The molecule has 0 aliphatic heterocycles. The van der Waals surface area contributed by atoms with Crippen molar-refractivity contribution in [2.45, 2.75) is 26.8 Å². The molecule has 3 rings (SSSR count). The molecule has 31 heavy (non-hydrogen) atoms. The average molecular weight is 437 g/mol. The molecule has 0 saturated heterocycles. The Kier molecular flexibility index (Phi) is 7.20. The Morgan fingerprint density at radius 1 is 1.00 bits per heavy atom. The predicted molar refractivity (Wildman–Crippen MR) is 121 cm³/mol. The minimum atomic E-state index is -0.638. The maximum Gasteiger partial charge on any atom is 0.338 e. The van der Waals surface area contributed by atoms with Crippen LogP contribution < -0.4 is 10.6 Å². The van der Waals surface area contributed by atoms with E-state index in [-0.39, 0.29) is 30.0 Å². The van der Waals surface area contributed by atoms with Gasteiger partial charge in [0.05, 0.1) is 16.5 Å². The zero-order chi connectivity index (χ0) is 22.4. The summed E-state index contributed by atoms with van der Waals surface area (Å²) in [6, 6.07) is 15.7. The van der Waals surface area contributed by atoms with E-state index in [4.69, 9.17) is 4.74 Å². The van der Waals surface area contributed by atoms with Gasteiger partial charge < -0.3 is 15.4 Å². The van der Waals surface area contributed by atoms with Crippen LogP contribution in [0.25, 0.3) is 0 Å². The molecule has 3 aromatic rings. The highest BCUT2D eigenvalue weighted by molar-refractivity contribution is 7.12. The molecule has 1 atom stereocenters. The van der Waals surface area contributed by atoms with E-state index in [2.05, 4.69) is 10.6 Å². The van der Waals surface area contributed by atoms with Gasteiger partial charge in [-0.3, -0.25) is 9.59 Å². The molecule has 0 fully saturated rings.